The molecule has 2 nitrogen and oxygen atoms in total. The van der Waals surface area contributed by atoms with Crippen LogP contribution in [-0.4, -0.2) is 10.2 Å². The van der Waals surface area contributed by atoms with Gasteiger partial charge in [-0.1, -0.05) is 157 Å². The third-order valence-electron chi connectivity index (χ3n) is 10.3. The Kier molecular flexibility index (Phi) is 6.68. The summed E-state index contributed by atoms with van der Waals surface area (Å²) in [5, 5.41) is 9.03. The number of fused-ring (bicyclic) bond motifs is 9. The van der Waals surface area contributed by atoms with E-state index in [9.17, 15) is 0 Å². The first-order chi connectivity index (χ1) is 24.8. The summed E-state index contributed by atoms with van der Waals surface area (Å²) in [6.07, 6.45) is 0. The van der Waals surface area contributed by atoms with Crippen LogP contribution in [0.4, 0.5) is 0 Å². The molecule has 1 aliphatic carbocycles. The van der Waals surface area contributed by atoms with Gasteiger partial charge in [0.15, 0.2) is 0 Å². The van der Waals surface area contributed by atoms with Gasteiger partial charge in [0, 0.05) is 20.9 Å². The van der Waals surface area contributed by atoms with E-state index < -0.39 is 0 Å². The highest BCUT2D eigenvalue weighted by Gasteiger charge is 2.50. The van der Waals surface area contributed by atoms with Crippen molar-refractivity contribution in [2.75, 3.05) is 0 Å². The average molecular weight is 655 g/mol. The number of hydrogen-bond donors (Lipinski definition) is 0. The summed E-state index contributed by atoms with van der Waals surface area (Å²) in [6.45, 7) is 0. The van der Waals surface area contributed by atoms with Crippen LogP contribution < -0.4 is 0 Å². The molecule has 0 atom stereocenters. The van der Waals surface area contributed by atoms with E-state index in [0.717, 1.165) is 22.5 Å². The van der Waals surface area contributed by atoms with Crippen molar-refractivity contribution in [2.45, 2.75) is 15.2 Å². The Morgan fingerprint density at radius 1 is 0.320 bits per heavy atom. The van der Waals surface area contributed by atoms with Crippen LogP contribution in [0.1, 0.15) is 22.3 Å². The minimum Gasteiger partial charge on any atom is -0.150 e. The molecule has 2 heterocycles. The summed E-state index contributed by atoms with van der Waals surface area (Å²) in [5.41, 5.74) is 16.3. The molecule has 0 unspecified atom stereocenters. The Balaban J connectivity index is 1.04. The van der Waals surface area contributed by atoms with Crippen LogP contribution >= 0.6 is 11.8 Å². The summed E-state index contributed by atoms with van der Waals surface area (Å²) >= 11 is 1.89. The highest BCUT2D eigenvalue weighted by Crippen LogP contribution is 2.62. The number of hydrogen-bond acceptors (Lipinski definition) is 3. The molecule has 10 rings (SSSR count). The van der Waals surface area contributed by atoms with Crippen molar-refractivity contribution < 1.29 is 0 Å². The lowest BCUT2D eigenvalue weighted by Gasteiger charge is -2.40. The molecule has 50 heavy (non-hydrogen) atoms. The lowest BCUT2D eigenvalue weighted by molar-refractivity contribution is 0.723. The van der Waals surface area contributed by atoms with Gasteiger partial charge in [-0.25, -0.2) is 0 Å². The maximum absolute atomic E-state index is 4.54. The molecule has 0 N–H and O–H groups in total. The standard InChI is InChI=1S/C47H30N2S/c1-2-11-32(12-3-1)43-26-27-44(49-48-43)33-23-21-31(22-24-33)34-13-10-14-35(29-34)36-25-28-46-42(30-36)47(41-19-8-9-20-45(41)50-46)39-17-6-4-15-37(39)38-16-5-7-18-40(38)47/h1-30H. The van der Waals surface area contributed by atoms with Crippen LogP contribution in [0.2, 0.25) is 0 Å². The van der Waals surface area contributed by atoms with Gasteiger partial charge in [-0.15, -0.1) is 10.2 Å². The van der Waals surface area contributed by atoms with Crippen molar-refractivity contribution in [2.24, 2.45) is 0 Å². The maximum Gasteiger partial charge on any atom is 0.0930 e. The quantitative estimate of drug-likeness (QED) is 0.189. The molecule has 0 bridgehead atoms. The van der Waals surface area contributed by atoms with E-state index >= 15 is 0 Å². The summed E-state index contributed by atoms with van der Waals surface area (Å²) in [5.74, 6) is 0. The molecular weight excluding hydrogens is 625 g/mol. The molecule has 1 aliphatic heterocycles. The third-order valence-corrected chi connectivity index (χ3v) is 11.4. The van der Waals surface area contributed by atoms with Gasteiger partial charge in [-0.05, 0) is 92.0 Å². The van der Waals surface area contributed by atoms with E-state index in [-0.39, 0.29) is 5.41 Å². The van der Waals surface area contributed by atoms with E-state index in [1.54, 1.807) is 0 Å². The maximum atomic E-state index is 4.54. The van der Waals surface area contributed by atoms with E-state index in [0.29, 0.717) is 0 Å². The van der Waals surface area contributed by atoms with E-state index in [1.807, 2.05) is 42.1 Å². The molecule has 1 aromatic heterocycles. The van der Waals surface area contributed by atoms with E-state index in [2.05, 4.69) is 162 Å². The first kappa shape index (κ1) is 28.9. The number of nitrogens with zero attached hydrogens (tertiary/aromatic N) is 2. The van der Waals surface area contributed by atoms with Crippen LogP contribution in [0.3, 0.4) is 0 Å². The Morgan fingerprint density at radius 3 is 1.48 bits per heavy atom. The SMILES string of the molecule is c1ccc(-c2ccc(-c3ccc(-c4cccc(-c5ccc6c(c5)C5(c7ccccc7S6)c6ccccc6-c6ccccc65)c4)cc3)nn2)cc1. The second-order valence-corrected chi connectivity index (χ2v) is 14.1. The van der Waals surface area contributed by atoms with Gasteiger partial charge in [0.25, 0.3) is 0 Å². The summed E-state index contributed by atoms with van der Waals surface area (Å²) in [6, 6.07) is 65.9. The lowest BCUT2D eigenvalue weighted by Crippen LogP contribution is -2.32. The second-order valence-electron chi connectivity index (χ2n) is 13.0. The zero-order valence-electron chi connectivity index (χ0n) is 27.1. The first-order valence-electron chi connectivity index (χ1n) is 17.0. The van der Waals surface area contributed by atoms with Crippen molar-refractivity contribution in [1.82, 2.24) is 10.2 Å². The monoisotopic (exact) mass is 654 g/mol. The summed E-state index contributed by atoms with van der Waals surface area (Å²) < 4.78 is 0. The number of benzene rings is 7. The molecule has 1 spiro atoms. The van der Waals surface area contributed by atoms with Crippen molar-refractivity contribution in [1.29, 1.82) is 0 Å². The Hall–Kier alpha value is -6.03. The molecule has 0 amide bonds. The van der Waals surface area contributed by atoms with Crippen LogP contribution in [0.15, 0.2) is 192 Å². The van der Waals surface area contributed by atoms with Crippen molar-refractivity contribution in [3.8, 4) is 55.9 Å². The van der Waals surface area contributed by atoms with E-state index in [4.69, 9.17) is 0 Å². The fourth-order valence-corrected chi connectivity index (χ4v) is 9.17. The number of rotatable bonds is 4. The molecule has 0 fully saturated rings. The summed E-state index contributed by atoms with van der Waals surface area (Å²) in [7, 11) is 0. The van der Waals surface area contributed by atoms with Crippen LogP contribution in [-0.2, 0) is 5.41 Å². The normalized spacial score (nSPS) is 13.3. The van der Waals surface area contributed by atoms with Gasteiger partial charge >= 0.3 is 0 Å². The van der Waals surface area contributed by atoms with E-state index in [1.165, 1.54) is 65.4 Å². The highest BCUT2D eigenvalue weighted by molar-refractivity contribution is 7.99. The molecule has 234 valence electrons. The molecule has 2 aliphatic rings. The molecule has 3 heteroatoms. The molecule has 7 aromatic carbocycles. The van der Waals surface area contributed by atoms with Crippen molar-refractivity contribution >= 4 is 11.8 Å². The molecular formula is C47H30N2S. The minimum atomic E-state index is -0.379. The molecule has 0 saturated carbocycles. The van der Waals surface area contributed by atoms with Crippen molar-refractivity contribution in [3.63, 3.8) is 0 Å². The minimum absolute atomic E-state index is 0.379. The summed E-state index contributed by atoms with van der Waals surface area (Å²) in [4.78, 5) is 2.63. The zero-order valence-corrected chi connectivity index (χ0v) is 27.9. The molecule has 0 radical (unpaired) electrons. The Morgan fingerprint density at radius 2 is 0.800 bits per heavy atom. The molecule has 0 saturated heterocycles. The fourth-order valence-electron chi connectivity index (χ4n) is 8.00. The van der Waals surface area contributed by atoms with Gasteiger partial charge in [-0.3, -0.25) is 0 Å². The predicted molar refractivity (Wildman–Crippen MR) is 205 cm³/mol. The van der Waals surface area contributed by atoms with Crippen molar-refractivity contribution in [3.05, 3.63) is 204 Å². The fraction of sp³-hybridized carbons (Fsp3) is 0.0213. The van der Waals surface area contributed by atoms with Gasteiger partial charge < -0.3 is 0 Å². The third kappa shape index (κ3) is 4.44. The zero-order chi connectivity index (χ0) is 33.1. The van der Waals surface area contributed by atoms with Gasteiger partial charge in [0.2, 0.25) is 0 Å². The van der Waals surface area contributed by atoms with Crippen LogP contribution in [0, 0.1) is 0 Å². The van der Waals surface area contributed by atoms with Gasteiger partial charge in [-0.2, -0.15) is 0 Å². The highest BCUT2D eigenvalue weighted by atomic mass is 32.2. The lowest BCUT2D eigenvalue weighted by atomic mass is 9.67. The van der Waals surface area contributed by atoms with Gasteiger partial charge in [0.05, 0.1) is 16.8 Å². The second kappa shape index (κ2) is 11.5. The Labute approximate surface area is 296 Å². The molecule has 8 aromatic rings. The van der Waals surface area contributed by atoms with Gasteiger partial charge in [0.1, 0.15) is 0 Å². The average Bonchev–Trinajstić information content (AvgIpc) is 3.49. The van der Waals surface area contributed by atoms with Crippen LogP contribution in [0.5, 0.6) is 0 Å². The number of aromatic nitrogens is 2. The predicted octanol–water partition coefficient (Wildman–Crippen LogP) is 12.0. The first-order valence-corrected chi connectivity index (χ1v) is 17.8. The Bertz CT molecular complexity index is 2510. The van der Waals surface area contributed by atoms with Crippen LogP contribution in [0.25, 0.3) is 55.9 Å². The largest absolute Gasteiger partial charge is 0.150 e. The smallest absolute Gasteiger partial charge is 0.0930 e. The topological polar surface area (TPSA) is 25.8 Å².